The number of anilines is 1. The van der Waals surface area contributed by atoms with E-state index in [0.717, 1.165) is 35.7 Å². The van der Waals surface area contributed by atoms with Gasteiger partial charge < -0.3 is 19.6 Å². The van der Waals surface area contributed by atoms with Gasteiger partial charge in [-0.2, -0.15) is 0 Å². The normalized spacial score (nSPS) is 13.3. The molecule has 2 amide bonds. The van der Waals surface area contributed by atoms with Crippen molar-refractivity contribution in [1.82, 2.24) is 24.9 Å². The first-order valence-corrected chi connectivity index (χ1v) is 15.2. The van der Waals surface area contributed by atoms with Crippen LogP contribution in [0.3, 0.4) is 0 Å². The molecule has 4 aromatic rings. The molecule has 5 rings (SSSR count). The van der Waals surface area contributed by atoms with Crippen LogP contribution in [0.25, 0.3) is 22.4 Å². The fourth-order valence-electron chi connectivity index (χ4n) is 5.39. The summed E-state index contributed by atoms with van der Waals surface area (Å²) in [5.41, 5.74) is 4.50. The average Bonchev–Trinajstić information content (AvgIpc) is 3.09. The minimum absolute atomic E-state index is 0.0188. The molecule has 1 aromatic heterocycles. The molecule has 3 aromatic carbocycles. The molecular formula is C35H39FN6O2. The number of rotatable bonds is 11. The van der Waals surface area contributed by atoms with Crippen LogP contribution in [-0.4, -0.2) is 95.6 Å². The van der Waals surface area contributed by atoms with E-state index in [1.54, 1.807) is 9.80 Å². The van der Waals surface area contributed by atoms with Gasteiger partial charge in [-0.05, 0) is 60.6 Å². The van der Waals surface area contributed by atoms with Crippen LogP contribution < -0.4 is 4.90 Å². The van der Waals surface area contributed by atoms with E-state index >= 15 is 0 Å². The summed E-state index contributed by atoms with van der Waals surface area (Å²) in [6.07, 6.45) is 0. The second-order valence-corrected chi connectivity index (χ2v) is 10.8. The molecule has 2 heterocycles. The van der Waals surface area contributed by atoms with Crippen molar-refractivity contribution < 1.29 is 14.0 Å². The van der Waals surface area contributed by atoms with Gasteiger partial charge in [-0.1, -0.05) is 68.4 Å². The van der Waals surface area contributed by atoms with Crippen LogP contribution in [0.5, 0.6) is 0 Å². The van der Waals surface area contributed by atoms with Gasteiger partial charge >= 0.3 is 0 Å². The summed E-state index contributed by atoms with van der Waals surface area (Å²) in [6.45, 7) is 9.21. The molecule has 9 heteroatoms. The Kier molecular flexibility index (Phi) is 10.3. The molecule has 0 saturated carbocycles. The summed E-state index contributed by atoms with van der Waals surface area (Å²) in [5.74, 6) is 0.00496. The van der Waals surface area contributed by atoms with Crippen LogP contribution in [-0.2, 0) is 4.79 Å². The first-order valence-electron chi connectivity index (χ1n) is 15.2. The van der Waals surface area contributed by atoms with Crippen molar-refractivity contribution in [2.75, 3.05) is 63.8 Å². The maximum Gasteiger partial charge on any atom is 0.254 e. The lowest BCUT2D eigenvalue weighted by Crippen LogP contribution is -2.52. The van der Waals surface area contributed by atoms with Crippen LogP contribution in [0.2, 0.25) is 0 Å². The van der Waals surface area contributed by atoms with Gasteiger partial charge in [0.25, 0.3) is 5.91 Å². The third kappa shape index (κ3) is 7.65. The van der Waals surface area contributed by atoms with Crippen LogP contribution >= 0.6 is 0 Å². The summed E-state index contributed by atoms with van der Waals surface area (Å²) in [6, 6.07) is 28.0. The summed E-state index contributed by atoms with van der Waals surface area (Å²) in [4.78, 5) is 34.4. The number of carbonyl (C=O) groups excluding carboxylic acids is 2. The Morgan fingerprint density at radius 3 is 1.98 bits per heavy atom. The van der Waals surface area contributed by atoms with Gasteiger partial charge in [0.2, 0.25) is 5.91 Å². The van der Waals surface area contributed by atoms with Gasteiger partial charge in [-0.15, -0.1) is 10.2 Å². The fourth-order valence-corrected chi connectivity index (χ4v) is 5.39. The van der Waals surface area contributed by atoms with E-state index in [1.165, 1.54) is 29.8 Å². The number of likely N-dealkylation sites (N-methyl/N-ethyl adjacent to an activating group) is 1. The summed E-state index contributed by atoms with van der Waals surface area (Å²) >= 11 is 0. The highest BCUT2D eigenvalue weighted by Gasteiger charge is 2.26. The molecular weight excluding hydrogens is 555 g/mol. The number of piperazine rings is 1. The van der Waals surface area contributed by atoms with Gasteiger partial charge in [0, 0.05) is 50.4 Å². The molecule has 1 aliphatic heterocycles. The number of carbonyl (C=O) groups is 2. The second kappa shape index (κ2) is 14.7. The van der Waals surface area contributed by atoms with E-state index in [1.807, 2.05) is 30.3 Å². The smallest absolute Gasteiger partial charge is 0.254 e. The predicted molar refractivity (Wildman–Crippen MR) is 172 cm³/mol. The Morgan fingerprint density at radius 2 is 1.36 bits per heavy atom. The molecule has 1 aliphatic rings. The minimum atomic E-state index is -0.401. The quantitative estimate of drug-likeness (QED) is 0.241. The standard InChI is InChI=1S/C35H39FN6O2/c1-3-39(4-2)20-21-42(35(44)30-14-16-31(36)17-15-30)26-34(43)41-24-22-40(23-25-41)33-19-18-32(37-38-33)29-12-10-28(11-13-29)27-8-6-5-7-9-27/h5-19H,3-4,20-26H2,1-2H3. The van der Waals surface area contributed by atoms with Crippen molar-refractivity contribution >= 4 is 17.6 Å². The molecule has 0 unspecified atom stereocenters. The number of halogens is 1. The van der Waals surface area contributed by atoms with Crippen LogP contribution in [0.4, 0.5) is 10.2 Å². The van der Waals surface area contributed by atoms with Gasteiger partial charge in [-0.25, -0.2) is 4.39 Å². The molecule has 0 spiro atoms. The van der Waals surface area contributed by atoms with E-state index in [4.69, 9.17) is 0 Å². The first kappa shape index (κ1) is 30.8. The number of hydrogen-bond donors (Lipinski definition) is 0. The first-order chi connectivity index (χ1) is 21.4. The fraction of sp³-hybridized carbons (Fsp3) is 0.314. The van der Waals surface area contributed by atoms with Gasteiger partial charge in [0.15, 0.2) is 5.82 Å². The zero-order valence-corrected chi connectivity index (χ0v) is 25.4. The Morgan fingerprint density at radius 1 is 0.727 bits per heavy atom. The summed E-state index contributed by atoms with van der Waals surface area (Å²) in [5, 5.41) is 8.96. The van der Waals surface area contributed by atoms with E-state index < -0.39 is 5.82 Å². The maximum atomic E-state index is 13.5. The molecule has 44 heavy (non-hydrogen) atoms. The van der Waals surface area contributed by atoms with Crippen LogP contribution in [0, 0.1) is 5.82 Å². The zero-order chi connectivity index (χ0) is 30.9. The number of nitrogens with zero attached hydrogens (tertiary/aromatic N) is 6. The summed E-state index contributed by atoms with van der Waals surface area (Å²) < 4.78 is 13.5. The Balaban J connectivity index is 1.17. The number of hydrogen-bond acceptors (Lipinski definition) is 6. The van der Waals surface area contributed by atoms with Crippen LogP contribution in [0.1, 0.15) is 24.2 Å². The highest BCUT2D eigenvalue weighted by atomic mass is 19.1. The Hall–Kier alpha value is -4.63. The predicted octanol–water partition coefficient (Wildman–Crippen LogP) is 5.08. The molecule has 1 fully saturated rings. The number of aromatic nitrogens is 2. The van der Waals surface area contributed by atoms with Gasteiger partial charge in [-0.3, -0.25) is 9.59 Å². The molecule has 0 atom stereocenters. The van der Waals surface area contributed by atoms with Crippen molar-refractivity contribution in [2.45, 2.75) is 13.8 Å². The SMILES string of the molecule is CCN(CC)CCN(CC(=O)N1CCN(c2ccc(-c3ccc(-c4ccccc4)cc3)nn2)CC1)C(=O)c1ccc(F)cc1. The monoisotopic (exact) mass is 594 g/mol. The Bertz CT molecular complexity index is 1500. The molecule has 0 bridgehead atoms. The lowest BCUT2D eigenvalue weighted by Gasteiger charge is -2.36. The number of benzene rings is 3. The average molecular weight is 595 g/mol. The van der Waals surface area contributed by atoms with Crippen molar-refractivity contribution in [3.05, 3.63) is 102 Å². The van der Waals surface area contributed by atoms with Gasteiger partial charge in [0.05, 0.1) is 5.69 Å². The van der Waals surface area contributed by atoms with Crippen molar-refractivity contribution in [3.63, 3.8) is 0 Å². The topological polar surface area (TPSA) is 72.9 Å². The van der Waals surface area contributed by atoms with Crippen molar-refractivity contribution in [3.8, 4) is 22.4 Å². The second-order valence-electron chi connectivity index (χ2n) is 10.8. The third-order valence-corrected chi connectivity index (χ3v) is 8.18. The molecule has 0 radical (unpaired) electrons. The van der Waals surface area contributed by atoms with E-state index in [0.29, 0.717) is 44.8 Å². The lowest BCUT2D eigenvalue weighted by atomic mass is 10.0. The molecule has 228 valence electrons. The summed E-state index contributed by atoms with van der Waals surface area (Å²) in [7, 11) is 0. The Labute approximate surface area is 258 Å². The van der Waals surface area contributed by atoms with E-state index in [2.05, 4.69) is 70.2 Å². The minimum Gasteiger partial charge on any atom is -0.352 e. The van der Waals surface area contributed by atoms with Crippen molar-refractivity contribution in [2.24, 2.45) is 0 Å². The molecule has 0 aliphatic carbocycles. The van der Waals surface area contributed by atoms with Crippen molar-refractivity contribution in [1.29, 1.82) is 0 Å². The molecule has 0 N–H and O–H groups in total. The highest BCUT2D eigenvalue weighted by Crippen LogP contribution is 2.24. The highest BCUT2D eigenvalue weighted by molar-refractivity contribution is 5.96. The molecule has 1 saturated heterocycles. The van der Waals surface area contributed by atoms with Crippen LogP contribution in [0.15, 0.2) is 91.0 Å². The maximum absolute atomic E-state index is 13.5. The van der Waals surface area contributed by atoms with E-state index in [-0.39, 0.29) is 18.4 Å². The lowest BCUT2D eigenvalue weighted by molar-refractivity contribution is -0.132. The van der Waals surface area contributed by atoms with E-state index in [9.17, 15) is 14.0 Å². The zero-order valence-electron chi connectivity index (χ0n) is 25.4. The number of amides is 2. The molecule has 8 nitrogen and oxygen atoms in total. The van der Waals surface area contributed by atoms with Gasteiger partial charge in [0.1, 0.15) is 12.4 Å². The third-order valence-electron chi connectivity index (χ3n) is 8.18. The largest absolute Gasteiger partial charge is 0.352 e.